The van der Waals surface area contributed by atoms with E-state index in [1.54, 1.807) is 12.4 Å². The Labute approximate surface area is 101 Å². The van der Waals surface area contributed by atoms with E-state index in [1.807, 2.05) is 31.1 Å². The highest BCUT2D eigenvalue weighted by atomic mass is 16.4. The quantitative estimate of drug-likeness (QED) is 0.865. The van der Waals surface area contributed by atoms with Gasteiger partial charge >= 0.3 is 5.97 Å². The lowest BCUT2D eigenvalue weighted by molar-refractivity contribution is -0.161. The summed E-state index contributed by atoms with van der Waals surface area (Å²) in [4.78, 5) is 17.7. The second kappa shape index (κ2) is 4.45. The molecule has 0 saturated heterocycles. The minimum atomic E-state index is -0.689. The van der Waals surface area contributed by atoms with Crippen molar-refractivity contribution in [2.75, 3.05) is 14.1 Å². The molecule has 0 aromatic carbocycles. The van der Waals surface area contributed by atoms with Crippen molar-refractivity contribution in [3.05, 3.63) is 30.1 Å². The first-order valence-electron chi connectivity index (χ1n) is 5.88. The van der Waals surface area contributed by atoms with Crippen molar-refractivity contribution >= 4 is 5.97 Å². The molecule has 2 rings (SSSR count). The molecule has 92 valence electrons. The largest absolute Gasteiger partial charge is 0.481 e. The number of pyridine rings is 1. The van der Waals surface area contributed by atoms with Crippen LogP contribution in [0.25, 0.3) is 0 Å². The van der Waals surface area contributed by atoms with Gasteiger partial charge in [-0.1, -0.05) is 12.5 Å². The van der Waals surface area contributed by atoms with Crippen LogP contribution in [0.5, 0.6) is 0 Å². The third-order valence-electron chi connectivity index (χ3n) is 3.71. The van der Waals surface area contributed by atoms with Crippen molar-refractivity contribution in [2.24, 2.45) is 5.41 Å². The predicted molar refractivity (Wildman–Crippen MR) is 64.6 cm³/mol. The van der Waals surface area contributed by atoms with Gasteiger partial charge in [-0.05, 0) is 38.6 Å². The molecule has 1 aromatic heterocycles. The lowest BCUT2D eigenvalue weighted by atomic mass is 9.62. The average Bonchev–Trinajstić information content (AvgIpc) is 2.23. The van der Waals surface area contributed by atoms with E-state index < -0.39 is 11.4 Å². The summed E-state index contributed by atoms with van der Waals surface area (Å²) in [6.07, 6.45) is 5.98. The van der Waals surface area contributed by atoms with Gasteiger partial charge in [-0.15, -0.1) is 0 Å². The molecule has 0 aliphatic heterocycles. The molecule has 1 heterocycles. The summed E-state index contributed by atoms with van der Waals surface area (Å²) in [5.41, 5.74) is 0.353. The van der Waals surface area contributed by atoms with Gasteiger partial charge in [0.2, 0.25) is 0 Å². The first-order valence-corrected chi connectivity index (χ1v) is 5.88. The summed E-state index contributed by atoms with van der Waals surface area (Å²) in [6.45, 7) is 0. The van der Waals surface area contributed by atoms with Crippen molar-refractivity contribution in [3.8, 4) is 0 Å². The lowest BCUT2D eigenvalue weighted by Crippen LogP contribution is -2.48. The maximum Gasteiger partial charge on any atom is 0.311 e. The van der Waals surface area contributed by atoms with E-state index in [4.69, 9.17) is 0 Å². The van der Waals surface area contributed by atoms with Crippen molar-refractivity contribution in [1.82, 2.24) is 9.88 Å². The summed E-state index contributed by atoms with van der Waals surface area (Å²) in [7, 11) is 3.86. The fourth-order valence-corrected chi connectivity index (χ4v) is 2.81. The fourth-order valence-electron chi connectivity index (χ4n) is 2.81. The maximum absolute atomic E-state index is 11.6. The molecule has 4 heteroatoms. The summed E-state index contributed by atoms with van der Waals surface area (Å²) < 4.78 is 0. The minimum absolute atomic E-state index is 0.0950. The van der Waals surface area contributed by atoms with Crippen LogP contribution in [0.4, 0.5) is 0 Å². The second-order valence-corrected chi connectivity index (χ2v) is 4.97. The topological polar surface area (TPSA) is 53.4 Å². The fraction of sp³-hybridized carbons (Fsp3) is 0.538. The third-order valence-corrected chi connectivity index (χ3v) is 3.71. The monoisotopic (exact) mass is 234 g/mol. The molecule has 1 atom stereocenters. The Kier molecular flexibility index (Phi) is 3.15. The Morgan fingerprint density at radius 1 is 1.53 bits per heavy atom. The van der Waals surface area contributed by atoms with Crippen LogP contribution in [0.15, 0.2) is 24.5 Å². The highest BCUT2D eigenvalue weighted by Gasteiger charge is 2.52. The van der Waals surface area contributed by atoms with Gasteiger partial charge in [0.1, 0.15) is 0 Å². The van der Waals surface area contributed by atoms with E-state index in [2.05, 4.69) is 4.98 Å². The van der Waals surface area contributed by atoms with E-state index in [-0.39, 0.29) is 6.04 Å². The van der Waals surface area contributed by atoms with Crippen LogP contribution in [-0.2, 0) is 4.79 Å². The molecule has 1 aliphatic rings. The number of carboxylic acids is 1. The normalized spacial score (nSPS) is 19.7. The van der Waals surface area contributed by atoms with Crippen LogP contribution in [0, 0.1) is 5.41 Å². The van der Waals surface area contributed by atoms with E-state index in [1.165, 1.54) is 0 Å². The standard InChI is InChI=1S/C13H18N2O2/c1-15(2)11(10-5-3-8-14-9-10)13(12(16)17)6-4-7-13/h3,5,8-9,11H,4,6-7H2,1-2H3,(H,16,17). The van der Waals surface area contributed by atoms with Crippen LogP contribution in [0.2, 0.25) is 0 Å². The molecule has 1 N–H and O–H groups in total. The van der Waals surface area contributed by atoms with E-state index in [0.29, 0.717) is 0 Å². The molecular weight excluding hydrogens is 216 g/mol. The molecule has 17 heavy (non-hydrogen) atoms. The summed E-state index contributed by atoms with van der Waals surface area (Å²) in [6, 6.07) is 3.73. The zero-order chi connectivity index (χ0) is 12.5. The van der Waals surface area contributed by atoms with Gasteiger partial charge in [0.25, 0.3) is 0 Å². The number of carbonyl (C=O) groups is 1. The van der Waals surface area contributed by atoms with Gasteiger partial charge in [0.05, 0.1) is 11.5 Å². The number of aliphatic carboxylic acids is 1. The highest BCUT2D eigenvalue weighted by Crippen LogP contribution is 2.52. The van der Waals surface area contributed by atoms with E-state index in [9.17, 15) is 9.90 Å². The summed E-state index contributed by atoms with van der Waals surface area (Å²) >= 11 is 0. The maximum atomic E-state index is 11.6. The first kappa shape index (κ1) is 12.0. The van der Waals surface area contributed by atoms with Crippen LogP contribution >= 0.6 is 0 Å². The number of rotatable bonds is 4. The van der Waals surface area contributed by atoms with Gasteiger partial charge in [-0.3, -0.25) is 9.78 Å². The van der Waals surface area contributed by atoms with E-state index in [0.717, 1.165) is 24.8 Å². The Balaban J connectivity index is 2.39. The minimum Gasteiger partial charge on any atom is -0.481 e. The smallest absolute Gasteiger partial charge is 0.311 e. The van der Waals surface area contributed by atoms with Crippen molar-refractivity contribution in [2.45, 2.75) is 25.3 Å². The molecule has 1 aliphatic carbocycles. The second-order valence-electron chi connectivity index (χ2n) is 4.97. The SMILES string of the molecule is CN(C)C(c1cccnc1)C1(C(=O)O)CCC1. The Hall–Kier alpha value is -1.42. The zero-order valence-electron chi connectivity index (χ0n) is 10.3. The molecule has 0 bridgehead atoms. The molecule has 0 spiro atoms. The molecule has 4 nitrogen and oxygen atoms in total. The Morgan fingerprint density at radius 3 is 2.59 bits per heavy atom. The van der Waals surface area contributed by atoms with Gasteiger partial charge in [-0.2, -0.15) is 0 Å². The number of carboxylic acid groups (broad SMARTS) is 1. The molecule has 1 unspecified atom stereocenters. The Morgan fingerprint density at radius 2 is 2.24 bits per heavy atom. The van der Waals surface area contributed by atoms with Gasteiger partial charge < -0.3 is 10.0 Å². The van der Waals surface area contributed by atoms with Crippen molar-refractivity contribution < 1.29 is 9.90 Å². The van der Waals surface area contributed by atoms with Crippen LogP contribution < -0.4 is 0 Å². The van der Waals surface area contributed by atoms with Gasteiger partial charge in [0, 0.05) is 12.4 Å². The number of nitrogens with zero attached hydrogens (tertiary/aromatic N) is 2. The van der Waals surface area contributed by atoms with E-state index >= 15 is 0 Å². The van der Waals surface area contributed by atoms with Crippen LogP contribution in [0.3, 0.4) is 0 Å². The summed E-state index contributed by atoms with van der Waals surface area (Å²) in [5.74, 6) is -0.689. The molecule has 0 amide bonds. The first-order chi connectivity index (χ1) is 8.08. The number of hydrogen-bond donors (Lipinski definition) is 1. The van der Waals surface area contributed by atoms with Gasteiger partial charge in [-0.25, -0.2) is 0 Å². The number of aromatic nitrogens is 1. The molecule has 1 fully saturated rings. The molecule has 1 aromatic rings. The van der Waals surface area contributed by atoms with Crippen LogP contribution in [-0.4, -0.2) is 35.1 Å². The molecule has 0 radical (unpaired) electrons. The van der Waals surface area contributed by atoms with Crippen molar-refractivity contribution in [3.63, 3.8) is 0 Å². The highest BCUT2D eigenvalue weighted by molar-refractivity contribution is 5.77. The summed E-state index contributed by atoms with van der Waals surface area (Å²) in [5, 5.41) is 9.52. The average molecular weight is 234 g/mol. The number of hydrogen-bond acceptors (Lipinski definition) is 3. The Bertz CT molecular complexity index is 399. The zero-order valence-corrected chi connectivity index (χ0v) is 10.3. The van der Waals surface area contributed by atoms with Crippen molar-refractivity contribution in [1.29, 1.82) is 0 Å². The third kappa shape index (κ3) is 1.93. The lowest BCUT2D eigenvalue weighted by Gasteiger charge is -2.46. The van der Waals surface area contributed by atoms with Crippen LogP contribution in [0.1, 0.15) is 30.9 Å². The molecular formula is C13H18N2O2. The predicted octanol–water partition coefficient (Wildman–Crippen LogP) is 1.94. The molecule has 1 saturated carbocycles. The van der Waals surface area contributed by atoms with Gasteiger partial charge in [0.15, 0.2) is 0 Å².